The highest BCUT2D eigenvalue weighted by Gasteiger charge is 2.19. The lowest BCUT2D eigenvalue weighted by atomic mass is 10.00. The summed E-state index contributed by atoms with van der Waals surface area (Å²) in [6.45, 7) is 0. The van der Waals surface area contributed by atoms with Gasteiger partial charge in [-0.25, -0.2) is 19.9 Å². The number of hydrogen-bond donors (Lipinski definition) is 0. The Balaban J connectivity index is 1.02. The van der Waals surface area contributed by atoms with Crippen LogP contribution < -0.4 is 0 Å². The molecule has 0 radical (unpaired) electrons. The van der Waals surface area contributed by atoms with Gasteiger partial charge >= 0.3 is 0 Å². The van der Waals surface area contributed by atoms with Crippen LogP contribution in [0.15, 0.2) is 199 Å². The van der Waals surface area contributed by atoms with E-state index in [0.29, 0.717) is 23.4 Å². The summed E-state index contributed by atoms with van der Waals surface area (Å²) in [5, 5.41) is 6.94. The molecule has 0 bridgehead atoms. The third-order valence-electron chi connectivity index (χ3n) is 11.3. The topological polar surface area (TPSA) is 64.7 Å². The number of rotatable bonds is 6. The first kappa shape index (κ1) is 34.3. The van der Waals surface area contributed by atoms with E-state index in [1.807, 2.05) is 42.5 Å². The van der Waals surface area contributed by atoms with E-state index in [-0.39, 0.29) is 0 Å². The molecule has 0 atom stereocenters. The molecule has 280 valence electrons. The summed E-state index contributed by atoms with van der Waals surface area (Å²) in [5.41, 5.74) is 9.86. The summed E-state index contributed by atoms with van der Waals surface area (Å²) in [4.78, 5) is 20.6. The Hall–Kier alpha value is -7.80. The van der Waals surface area contributed by atoms with E-state index in [4.69, 9.17) is 24.4 Å². The molecule has 5 nitrogen and oxygen atoms in total. The number of benzene rings is 9. The molecular formula is C54H32N4OS. The summed E-state index contributed by atoms with van der Waals surface area (Å²) in [6.07, 6.45) is 0. The first-order valence-electron chi connectivity index (χ1n) is 19.9. The number of oxazole rings is 1. The average molecular weight is 785 g/mol. The van der Waals surface area contributed by atoms with Gasteiger partial charge < -0.3 is 4.42 Å². The molecule has 12 aromatic rings. The van der Waals surface area contributed by atoms with Crippen LogP contribution in [0, 0.1) is 0 Å². The van der Waals surface area contributed by atoms with Crippen molar-refractivity contribution in [3.05, 3.63) is 194 Å². The quantitative estimate of drug-likeness (QED) is 0.168. The molecule has 0 aliphatic heterocycles. The first-order chi connectivity index (χ1) is 29.7. The molecular weight excluding hydrogens is 753 g/mol. The summed E-state index contributed by atoms with van der Waals surface area (Å²) < 4.78 is 8.70. The number of nitrogens with zero attached hydrogens (tertiary/aromatic N) is 4. The summed E-state index contributed by atoms with van der Waals surface area (Å²) >= 11 is 1.77. The summed E-state index contributed by atoms with van der Waals surface area (Å²) in [7, 11) is 0. The SMILES string of the molecule is c1ccc(-c2cccc(-c3nc(-c4ccc(-c5ccc6ccccc6c5)cc4)nc(-c4ccc5ccc6sc7ccc8oc(-c9ccccc9)nc8c7c6c5c4)n3)c2)cc1. The third kappa shape index (κ3) is 5.93. The minimum Gasteiger partial charge on any atom is -0.436 e. The van der Waals surface area contributed by atoms with Gasteiger partial charge in [-0.15, -0.1) is 11.3 Å². The molecule has 0 fully saturated rings. The Morgan fingerprint density at radius 2 is 0.867 bits per heavy atom. The van der Waals surface area contributed by atoms with Crippen LogP contribution in [0.3, 0.4) is 0 Å². The number of thiophene rings is 1. The smallest absolute Gasteiger partial charge is 0.227 e. The van der Waals surface area contributed by atoms with E-state index in [1.165, 1.54) is 20.2 Å². The Labute approximate surface area is 348 Å². The molecule has 0 spiro atoms. The highest BCUT2D eigenvalue weighted by Crippen LogP contribution is 2.43. The lowest BCUT2D eigenvalue weighted by Gasteiger charge is -2.11. The zero-order chi connectivity index (χ0) is 39.6. The van der Waals surface area contributed by atoms with E-state index >= 15 is 0 Å². The van der Waals surface area contributed by atoms with Crippen molar-refractivity contribution in [3.63, 3.8) is 0 Å². The van der Waals surface area contributed by atoms with Gasteiger partial charge in [-0.3, -0.25) is 0 Å². The van der Waals surface area contributed by atoms with Gasteiger partial charge in [0, 0.05) is 42.4 Å². The Bertz CT molecular complexity index is 3600. The zero-order valence-corrected chi connectivity index (χ0v) is 32.9. The lowest BCUT2D eigenvalue weighted by Crippen LogP contribution is -2.00. The van der Waals surface area contributed by atoms with Crippen molar-refractivity contribution in [2.24, 2.45) is 0 Å². The molecule has 0 unspecified atom stereocenters. The van der Waals surface area contributed by atoms with Crippen LogP contribution in [0.2, 0.25) is 0 Å². The fourth-order valence-electron chi connectivity index (χ4n) is 8.32. The lowest BCUT2D eigenvalue weighted by molar-refractivity contribution is 0.620. The van der Waals surface area contributed by atoms with Crippen LogP contribution in [0.1, 0.15) is 0 Å². The second-order valence-electron chi connectivity index (χ2n) is 15.0. The molecule has 3 aromatic heterocycles. The fraction of sp³-hybridized carbons (Fsp3) is 0. The fourth-order valence-corrected chi connectivity index (χ4v) is 9.44. The van der Waals surface area contributed by atoms with Crippen LogP contribution >= 0.6 is 11.3 Å². The molecule has 0 N–H and O–H groups in total. The highest BCUT2D eigenvalue weighted by atomic mass is 32.1. The number of fused-ring (bicyclic) bond motifs is 8. The predicted molar refractivity (Wildman–Crippen MR) is 248 cm³/mol. The maximum absolute atomic E-state index is 6.35. The Morgan fingerprint density at radius 3 is 1.67 bits per heavy atom. The van der Waals surface area contributed by atoms with Crippen LogP contribution in [0.5, 0.6) is 0 Å². The van der Waals surface area contributed by atoms with E-state index in [2.05, 4.69) is 152 Å². The molecule has 0 saturated carbocycles. The van der Waals surface area contributed by atoms with Gasteiger partial charge in [-0.05, 0) is 92.3 Å². The van der Waals surface area contributed by atoms with E-state index in [1.54, 1.807) is 11.3 Å². The van der Waals surface area contributed by atoms with Crippen LogP contribution in [0.25, 0.3) is 121 Å². The van der Waals surface area contributed by atoms with E-state index in [9.17, 15) is 0 Å². The van der Waals surface area contributed by atoms with Crippen molar-refractivity contribution in [1.82, 2.24) is 19.9 Å². The standard InChI is InChI=1S/C54H32N4OS/c1-3-10-33(11-4-1)40-16-9-17-42(31-40)52-56-51(37-22-18-35(19-23-37)41-24-20-34-12-7-8-15-39(34)30-41)57-53(58-52)43-25-21-36-26-28-46-48(44(36)32-43)49-47(60-46)29-27-45-50(49)55-54(59-45)38-13-5-2-6-14-38/h1-32H. The molecule has 0 aliphatic rings. The average Bonchev–Trinajstić information content (AvgIpc) is 3.94. The van der Waals surface area contributed by atoms with E-state index < -0.39 is 0 Å². The van der Waals surface area contributed by atoms with Crippen molar-refractivity contribution >= 4 is 64.2 Å². The number of aromatic nitrogens is 4. The molecule has 6 heteroatoms. The Kier molecular flexibility index (Phi) is 7.96. The van der Waals surface area contributed by atoms with Gasteiger partial charge in [-0.2, -0.15) is 0 Å². The van der Waals surface area contributed by atoms with Gasteiger partial charge in [0.05, 0.1) is 0 Å². The van der Waals surface area contributed by atoms with Gasteiger partial charge in [0.15, 0.2) is 23.1 Å². The minimum absolute atomic E-state index is 0.607. The van der Waals surface area contributed by atoms with Crippen molar-refractivity contribution < 1.29 is 4.42 Å². The van der Waals surface area contributed by atoms with Crippen molar-refractivity contribution in [2.45, 2.75) is 0 Å². The van der Waals surface area contributed by atoms with Crippen molar-refractivity contribution in [1.29, 1.82) is 0 Å². The monoisotopic (exact) mass is 784 g/mol. The maximum atomic E-state index is 6.35. The normalized spacial score (nSPS) is 11.7. The van der Waals surface area contributed by atoms with Gasteiger partial charge in [-0.1, -0.05) is 146 Å². The summed E-state index contributed by atoms with van der Waals surface area (Å²) in [5.74, 6) is 2.45. The van der Waals surface area contributed by atoms with Crippen molar-refractivity contribution in [2.75, 3.05) is 0 Å². The second kappa shape index (κ2) is 13.9. The summed E-state index contributed by atoms with van der Waals surface area (Å²) in [6, 6.07) is 67.6. The molecule has 60 heavy (non-hydrogen) atoms. The van der Waals surface area contributed by atoms with Crippen LogP contribution in [0.4, 0.5) is 0 Å². The predicted octanol–water partition coefficient (Wildman–Crippen LogP) is 14.7. The molecule has 12 rings (SSSR count). The number of hydrogen-bond acceptors (Lipinski definition) is 6. The molecule has 3 heterocycles. The molecule has 9 aromatic carbocycles. The molecule has 0 aliphatic carbocycles. The highest BCUT2D eigenvalue weighted by molar-refractivity contribution is 7.26. The van der Waals surface area contributed by atoms with Crippen molar-refractivity contribution in [3.8, 4) is 67.9 Å². The Morgan fingerprint density at radius 1 is 0.333 bits per heavy atom. The molecule has 0 amide bonds. The zero-order valence-electron chi connectivity index (χ0n) is 32.1. The second-order valence-corrected chi connectivity index (χ2v) is 16.1. The maximum Gasteiger partial charge on any atom is 0.227 e. The first-order valence-corrected chi connectivity index (χ1v) is 20.8. The van der Waals surface area contributed by atoms with Gasteiger partial charge in [0.25, 0.3) is 0 Å². The third-order valence-corrected chi connectivity index (χ3v) is 12.5. The van der Waals surface area contributed by atoms with Crippen LogP contribution in [-0.4, -0.2) is 19.9 Å². The minimum atomic E-state index is 0.607. The van der Waals surface area contributed by atoms with Gasteiger partial charge in [0.1, 0.15) is 5.52 Å². The van der Waals surface area contributed by atoms with E-state index in [0.717, 1.165) is 77.2 Å². The van der Waals surface area contributed by atoms with Gasteiger partial charge in [0.2, 0.25) is 5.89 Å². The largest absolute Gasteiger partial charge is 0.436 e. The molecule has 0 saturated heterocycles. The van der Waals surface area contributed by atoms with Crippen LogP contribution in [-0.2, 0) is 0 Å².